The van der Waals surface area contributed by atoms with Crippen LogP contribution in [0.1, 0.15) is 16.8 Å². The Morgan fingerprint density at radius 3 is 2.74 bits per heavy atom. The van der Waals surface area contributed by atoms with Gasteiger partial charge in [-0.25, -0.2) is 0 Å². The Bertz CT molecular complexity index is 584. The van der Waals surface area contributed by atoms with Gasteiger partial charge in [-0.2, -0.15) is 0 Å². The maximum absolute atomic E-state index is 10.9. The van der Waals surface area contributed by atoms with Crippen LogP contribution in [0.4, 0.5) is 5.69 Å². The number of nitrogens with one attached hydrogen (secondary N) is 1. The van der Waals surface area contributed by atoms with E-state index in [-0.39, 0.29) is 10.6 Å². The molecule has 5 nitrogen and oxygen atoms in total. The molecule has 0 saturated carbocycles. The molecule has 2 rings (SSSR count). The summed E-state index contributed by atoms with van der Waals surface area (Å²) < 4.78 is 0. The van der Waals surface area contributed by atoms with Crippen molar-refractivity contribution in [3.8, 4) is 0 Å². The molecule has 5 heteroatoms. The lowest BCUT2D eigenvalue weighted by Crippen LogP contribution is -2.15. The molecule has 1 heterocycles. The van der Waals surface area contributed by atoms with Crippen LogP contribution in [0.5, 0.6) is 0 Å². The van der Waals surface area contributed by atoms with E-state index in [4.69, 9.17) is 0 Å². The number of benzene rings is 1. The van der Waals surface area contributed by atoms with Crippen molar-refractivity contribution >= 4 is 5.69 Å². The summed E-state index contributed by atoms with van der Waals surface area (Å²) in [5.74, 6) is 0. The van der Waals surface area contributed by atoms with Crippen LogP contribution in [0.2, 0.25) is 0 Å². The quantitative estimate of drug-likeness (QED) is 0.660. The molecule has 0 amide bonds. The Kier molecular flexibility index (Phi) is 4.20. The molecule has 0 aliphatic rings. The molecule has 0 atom stereocenters. The molecule has 98 valence electrons. The summed E-state index contributed by atoms with van der Waals surface area (Å²) in [7, 11) is 0. The summed E-state index contributed by atoms with van der Waals surface area (Å²) in [6.07, 6.45) is 1.75. The van der Waals surface area contributed by atoms with Crippen LogP contribution < -0.4 is 5.32 Å². The third-order valence-corrected chi connectivity index (χ3v) is 2.91. The van der Waals surface area contributed by atoms with Gasteiger partial charge in [0.05, 0.1) is 10.6 Å². The van der Waals surface area contributed by atoms with Crippen LogP contribution in [0.3, 0.4) is 0 Å². The highest BCUT2D eigenvalue weighted by atomic mass is 16.6. The summed E-state index contributed by atoms with van der Waals surface area (Å²) in [6.45, 7) is 3.04. The van der Waals surface area contributed by atoms with Gasteiger partial charge in [0, 0.05) is 30.9 Å². The summed E-state index contributed by atoms with van der Waals surface area (Å²) in [4.78, 5) is 14.8. The summed E-state index contributed by atoms with van der Waals surface area (Å²) in [5, 5.41) is 14.1. The molecule has 1 N–H and O–H groups in total. The molecule has 0 aliphatic carbocycles. The fourth-order valence-corrected chi connectivity index (χ4v) is 1.86. The first-order valence-electron chi connectivity index (χ1n) is 6.02. The van der Waals surface area contributed by atoms with Gasteiger partial charge in [0.1, 0.15) is 0 Å². The van der Waals surface area contributed by atoms with Gasteiger partial charge in [-0.3, -0.25) is 15.1 Å². The standard InChI is InChI=1S/C14H15N3O2/c1-11-5-4-8-16-13(11)10-15-9-12-6-2-3-7-14(12)17(18)19/h2-8,15H,9-10H2,1H3. The van der Waals surface area contributed by atoms with Gasteiger partial charge >= 0.3 is 0 Å². The number of aryl methyl sites for hydroxylation is 1. The Hall–Kier alpha value is -2.27. The topological polar surface area (TPSA) is 68.1 Å². The minimum Gasteiger partial charge on any atom is -0.307 e. The molecule has 0 saturated heterocycles. The molecule has 1 aromatic carbocycles. The Balaban J connectivity index is 2.00. The first-order valence-corrected chi connectivity index (χ1v) is 6.02. The molecule has 0 radical (unpaired) electrons. The molecular formula is C14H15N3O2. The number of hydrogen-bond acceptors (Lipinski definition) is 4. The van der Waals surface area contributed by atoms with Crippen LogP contribution in [0.25, 0.3) is 0 Å². The van der Waals surface area contributed by atoms with Crippen molar-refractivity contribution in [1.29, 1.82) is 0 Å². The number of nitro benzene ring substituents is 1. The highest BCUT2D eigenvalue weighted by Crippen LogP contribution is 2.17. The van der Waals surface area contributed by atoms with Gasteiger partial charge in [-0.1, -0.05) is 24.3 Å². The number of para-hydroxylation sites is 1. The SMILES string of the molecule is Cc1cccnc1CNCc1ccccc1[N+](=O)[O-]. The second-order valence-electron chi connectivity index (χ2n) is 4.26. The van der Waals surface area contributed by atoms with E-state index in [1.807, 2.05) is 19.1 Å². The lowest BCUT2D eigenvalue weighted by molar-refractivity contribution is -0.385. The van der Waals surface area contributed by atoms with Gasteiger partial charge in [0.25, 0.3) is 5.69 Å². The first-order chi connectivity index (χ1) is 9.18. The van der Waals surface area contributed by atoms with Crippen molar-refractivity contribution in [3.05, 3.63) is 69.5 Å². The zero-order valence-electron chi connectivity index (χ0n) is 10.7. The summed E-state index contributed by atoms with van der Waals surface area (Å²) >= 11 is 0. The van der Waals surface area contributed by atoms with E-state index in [1.165, 1.54) is 6.07 Å². The molecule has 0 aliphatic heterocycles. The molecular weight excluding hydrogens is 242 g/mol. The van der Waals surface area contributed by atoms with Crippen molar-refractivity contribution in [3.63, 3.8) is 0 Å². The van der Waals surface area contributed by atoms with Gasteiger partial charge in [0.2, 0.25) is 0 Å². The van der Waals surface area contributed by atoms with Crippen molar-refractivity contribution < 1.29 is 4.92 Å². The van der Waals surface area contributed by atoms with Crippen molar-refractivity contribution in [2.45, 2.75) is 20.0 Å². The van der Waals surface area contributed by atoms with E-state index < -0.39 is 0 Å². The number of hydrogen-bond donors (Lipinski definition) is 1. The zero-order chi connectivity index (χ0) is 13.7. The Labute approximate surface area is 111 Å². The van der Waals surface area contributed by atoms with E-state index >= 15 is 0 Å². The lowest BCUT2D eigenvalue weighted by Gasteiger charge is -2.07. The highest BCUT2D eigenvalue weighted by molar-refractivity contribution is 5.39. The average Bonchev–Trinajstić information content (AvgIpc) is 2.41. The highest BCUT2D eigenvalue weighted by Gasteiger charge is 2.11. The average molecular weight is 257 g/mol. The fraction of sp³-hybridized carbons (Fsp3) is 0.214. The van der Waals surface area contributed by atoms with Crippen molar-refractivity contribution in [2.75, 3.05) is 0 Å². The van der Waals surface area contributed by atoms with Crippen LogP contribution in [0, 0.1) is 17.0 Å². The van der Waals surface area contributed by atoms with E-state index in [9.17, 15) is 10.1 Å². The minimum absolute atomic E-state index is 0.146. The van der Waals surface area contributed by atoms with Crippen LogP contribution in [-0.2, 0) is 13.1 Å². The molecule has 1 aromatic heterocycles. The van der Waals surface area contributed by atoms with E-state index in [0.717, 1.165) is 11.3 Å². The van der Waals surface area contributed by atoms with E-state index in [2.05, 4.69) is 10.3 Å². The molecule has 19 heavy (non-hydrogen) atoms. The number of pyridine rings is 1. The molecule has 0 fully saturated rings. The monoisotopic (exact) mass is 257 g/mol. The summed E-state index contributed by atoms with van der Waals surface area (Å²) in [5.41, 5.74) is 2.90. The number of rotatable bonds is 5. The van der Waals surface area contributed by atoms with E-state index in [1.54, 1.807) is 24.4 Å². The molecule has 0 unspecified atom stereocenters. The third-order valence-electron chi connectivity index (χ3n) is 2.91. The van der Waals surface area contributed by atoms with Gasteiger partial charge in [-0.05, 0) is 18.6 Å². The van der Waals surface area contributed by atoms with Crippen molar-refractivity contribution in [2.24, 2.45) is 0 Å². The Morgan fingerprint density at radius 2 is 2.00 bits per heavy atom. The Morgan fingerprint density at radius 1 is 1.21 bits per heavy atom. The predicted molar refractivity (Wildman–Crippen MR) is 72.6 cm³/mol. The minimum atomic E-state index is -0.358. The second-order valence-corrected chi connectivity index (χ2v) is 4.26. The zero-order valence-corrected chi connectivity index (χ0v) is 10.7. The second kappa shape index (κ2) is 6.06. The maximum Gasteiger partial charge on any atom is 0.273 e. The maximum atomic E-state index is 10.9. The predicted octanol–water partition coefficient (Wildman–Crippen LogP) is 2.59. The lowest BCUT2D eigenvalue weighted by atomic mass is 10.1. The first kappa shape index (κ1) is 13.2. The largest absolute Gasteiger partial charge is 0.307 e. The third kappa shape index (κ3) is 3.35. The molecule has 0 bridgehead atoms. The number of aromatic nitrogens is 1. The summed E-state index contributed by atoms with van der Waals surface area (Å²) in [6, 6.07) is 10.6. The van der Waals surface area contributed by atoms with E-state index in [0.29, 0.717) is 18.7 Å². The number of nitro groups is 1. The van der Waals surface area contributed by atoms with Crippen molar-refractivity contribution in [1.82, 2.24) is 10.3 Å². The smallest absolute Gasteiger partial charge is 0.273 e. The van der Waals surface area contributed by atoms with Crippen LogP contribution >= 0.6 is 0 Å². The van der Waals surface area contributed by atoms with Gasteiger partial charge in [0.15, 0.2) is 0 Å². The van der Waals surface area contributed by atoms with Crippen LogP contribution in [0.15, 0.2) is 42.6 Å². The normalized spacial score (nSPS) is 10.4. The molecule has 2 aromatic rings. The molecule has 0 spiro atoms. The van der Waals surface area contributed by atoms with Gasteiger partial charge < -0.3 is 5.32 Å². The fourth-order valence-electron chi connectivity index (χ4n) is 1.86. The van der Waals surface area contributed by atoms with Crippen LogP contribution in [-0.4, -0.2) is 9.91 Å². The number of nitrogens with zero attached hydrogens (tertiary/aromatic N) is 2. The van der Waals surface area contributed by atoms with Gasteiger partial charge in [-0.15, -0.1) is 0 Å².